The average molecular weight is 314 g/mol. The smallest absolute Gasteiger partial charge is 0.156 e. The third-order valence-corrected chi connectivity index (χ3v) is 8.14. The summed E-state index contributed by atoms with van der Waals surface area (Å²) in [6.45, 7) is 7.04. The zero-order chi connectivity index (χ0) is 16.4. The van der Waals surface area contributed by atoms with Gasteiger partial charge in [0.2, 0.25) is 0 Å². The van der Waals surface area contributed by atoms with Crippen LogP contribution >= 0.6 is 0 Å². The number of aliphatic hydroxyl groups is 1. The number of allylic oxidation sites excluding steroid dienone is 4. The molecule has 0 aliphatic heterocycles. The van der Waals surface area contributed by atoms with Gasteiger partial charge in [-0.2, -0.15) is 0 Å². The van der Waals surface area contributed by atoms with E-state index in [0.717, 1.165) is 18.8 Å². The summed E-state index contributed by atoms with van der Waals surface area (Å²) in [7, 11) is 0. The van der Waals surface area contributed by atoms with Crippen molar-refractivity contribution < 1.29 is 9.90 Å². The minimum atomic E-state index is -0.236. The number of hydrogen-bond donors (Lipinski definition) is 1. The van der Waals surface area contributed by atoms with Crippen molar-refractivity contribution in [1.82, 2.24) is 0 Å². The van der Waals surface area contributed by atoms with E-state index in [2.05, 4.69) is 32.9 Å². The van der Waals surface area contributed by atoms with Crippen LogP contribution in [0.25, 0.3) is 0 Å². The van der Waals surface area contributed by atoms with Crippen LogP contribution in [0.4, 0.5) is 0 Å². The molecule has 1 unspecified atom stereocenters. The van der Waals surface area contributed by atoms with E-state index < -0.39 is 0 Å². The van der Waals surface area contributed by atoms with E-state index in [4.69, 9.17) is 0 Å². The molecule has 4 rings (SSSR count). The topological polar surface area (TPSA) is 37.3 Å². The Bertz CT molecular complexity index is 589. The zero-order valence-corrected chi connectivity index (χ0v) is 14.7. The molecular formula is C21H30O2. The molecule has 0 bridgehead atoms. The maximum Gasteiger partial charge on any atom is 0.156 e. The highest BCUT2D eigenvalue weighted by molar-refractivity contribution is 5.92. The number of carbonyl (C=O) groups is 1. The maximum absolute atomic E-state index is 11.8. The molecule has 0 radical (unpaired) electrons. The Morgan fingerprint density at radius 1 is 1.30 bits per heavy atom. The van der Waals surface area contributed by atoms with Gasteiger partial charge in [-0.25, -0.2) is 0 Å². The summed E-state index contributed by atoms with van der Waals surface area (Å²) in [5.41, 5.74) is 1.45. The van der Waals surface area contributed by atoms with Gasteiger partial charge < -0.3 is 5.11 Å². The summed E-state index contributed by atoms with van der Waals surface area (Å²) in [6, 6.07) is 0. The number of fused-ring (bicyclic) bond motifs is 5. The standard InChI is InChI=1S/C21H30O2/c1-4-13-6-8-17-16-7-5-14-11-15(22)9-10-20(14,2)19(16)18(23)12-21(13,17)3/h5,7,11,13,16-19,23H,4,6,8-10,12H2,1-3H3/t13-,16-,17-,18?,19+,20-,21+/m0/s1. The van der Waals surface area contributed by atoms with Crippen molar-refractivity contribution in [3.8, 4) is 0 Å². The van der Waals surface area contributed by atoms with Gasteiger partial charge in [-0.3, -0.25) is 4.79 Å². The van der Waals surface area contributed by atoms with Crippen LogP contribution in [0.5, 0.6) is 0 Å². The Kier molecular flexibility index (Phi) is 3.43. The Morgan fingerprint density at radius 3 is 2.83 bits per heavy atom. The van der Waals surface area contributed by atoms with Crippen molar-refractivity contribution in [1.29, 1.82) is 0 Å². The van der Waals surface area contributed by atoms with E-state index in [0.29, 0.717) is 29.6 Å². The van der Waals surface area contributed by atoms with E-state index >= 15 is 0 Å². The number of rotatable bonds is 1. The predicted octanol–water partition coefficient (Wildman–Crippen LogP) is 4.29. The first-order chi connectivity index (χ1) is 10.9. The molecular weight excluding hydrogens is 284 g/mol. The van der Waals surface area contributed by atoms with Gasteiger partial charge in [0.25, 0.3) is 0 Å². The van der Waals surface area contributed by atoms with Crippen LogP contribution in [0.3, 0.4) is 0 Å². The Labute approximate surface area is 140 Å². The Morgan fingerprint density at radius 2 is 2.09 bits per heavy atom. The number of aliphatic hydroxyl groups excluding tert-OH is 1. The fourth-order valence-electron chi connectivity index (χ4n) is 6.90. The largest absolute Gasteiger partial charge is 0.393 e. The van der Waals surface area contributed by atoms with Crippen molar-refractivity contribution in [2.45, 2.75) is 65.4 Å². The normalized spacial score (nSPS) is 51.7. The molecule has 126 valence electrons. The summed E-state index contributed by atoms with van der Waals surface area (Å²) in [6.07, 6.45) is 12.5. The average Bonchev–Trinajstić information content (AvgIpc) is 2.83. The van der Waals surface area contributed by atoms with Gasteiger partial charge in [0.1, 0.15) is 0 Å². The molecule has 4 aliphatic carbocycles. The molecule has 23 heavy (non-hydrogen) atoms. The Hall–Kier alpha value is -0.890. The van der Waals surface area contributed by atoms with Gasteiger partial charge in [0.15, 0.2) is 5.78 Å². The zero-order valence-electron chi connectivity index (χ0n) is 14.7. The van der Waals surface area contributed by atoms with E-state index in [9.17, 15) is 9.90 Å². The second kappa shape index (κ2) is 5.05. The molecule has 1 N–H and O–H groups in total. The second-order valence-electron chi connectivity index (χ2n) is 9.01. The predicted molar refractivity (Wildman–Crippen MR) is 91.8 cm³/mol. The van der Waals surface area contributed by atoms with Gasteiger partial charge >= 0.3 is 0 Å². The molecule has 0 saturated heterocycles. The summed E-state index contributed by atoms with van der Waals surface area (Å²) in [5.74, 6) is 2.49. The Balaban J connectivity index is 1.77. The van der Waals surface area contributed by atoms with Crippen molar-refractivity contribution in [3.63, 3.8) is 0 Å². The summed E-state index contributed by atoms with van der Waals surface area (Å²) in [4.78, 5) is 11.8. The summed E-state index contributed by atoms with van der Waals surface area (Å²) in [5, 5.41) is 11.2. The van der Waals surface area contributed by atoms with Crippen LogP contribution < -0.4 is 0 Å². The molecule has 0 aromatic rings. The number of carbonyl (C=O) groups excluding carboxylic acids is 1. The highest BCUT2D eigenvalue weighted by atomic mass is 16.3. The van der Waals surface area contributed by atoms with Gasteiger partial charge in [0, 0.05) is 12.3 Å². The second-order valence-corrected chi connectivity index (χ2v) is 9.01. The number of hydrogen-bond acceptors (Lipinski definition) is 2. The third kappa shape index (κ3) is 2.00. The lowest BCUT2D eigenvalue weighted by molar-refractivity contribution is -0.121. The summed E-state index contributed by atoms with van der Waals surface area (Å²) < 4.78 is 0. The van der Waals surface area contributed by atoms with Gasteiger partial charge in [-0.1, -0.05) is 39.3 Å². The lowest BCUT2D eigenvalue weighted by Crippen LogP contribution is -2.55. The highest BCUT2D eigenvalue weighted by Gasteiger charge is 2.60. The van der Waals surface area contributed by atoms with E-state index in [-0.39, 0.29) is 17.3 Å². The first-order valence-electron chi connectivity index (χ1n) is 9.51. The van der Waals surface area contributed by atoms with E-state index in [1.54, 1.807) is 0 Å². The molecule has 0 spiro atoms. The lowest BCUT2D eigenvalue weighted by atomic mass is 9.47. The molecule has 7 atom stereocenters. The van der Waals surface area contributed by atoms with Crippen LogP contribution in [0, 0.1) is 34.5 Å². The molecule has 0 amide bonds. The third-order valence-electron chi connectivity index (χ3n) is 8.14. The molecule has 2 heteroatoms. The quantitative estimate of drug-likeness (QED) is 0.784. The first kappa shape index (κ1) is 15.6. The first-order valence-corrected chi connectivity index (χ1v) is 9.51. The SMILES string of the molecule is CC[C@H]1CC[C@H]2[C@@H]3C=CC4=CC(=O)CC[C@]4(C)[C@H]3C(O)C[C@]12C. The van der Waals surface area contributed by atoms with Crippen molar-refractivity contribution in [2.24, 2.45) is 34.5 Å². The van der Waals surface area contributed by atoms with Crippen LogP contribution in [0.1, 0.15) is 59.3 Å². The molecule has 0 aromatic carbocycles. The van der Waals surface area contributed by atoms with Crippen LogP contribution in [-0.2, 0) is 4.79 Å². The van der Waals surface area contributed by atoms with Gasteiger partial charge in [0.05, 0.1) is 6.10 Å². The highest BCUT2D eigenvalue weighted by Crippen LogP contribution is 2.65. The molecule has 2 fully saturated rings. The van der Waals surface area contributed by atoms with Crippen LogP contribution in [0.2, 0.25) is 0 Å². The van der Waals surface area contributed by atoms with Crippen molar-refractivity contribution in [3.05, 3.63) is 23.8 Å². The summed E-state index contributed by atoms with van der Waals surface area (Å²) >= 11 is 0. The van der Waals surface area contributed by atoms with Crippen LogP contribution in [-0.4, -0.2) is 17.0 Å². The van der Waals surface area contributed by atoms with E-state index in [1.165, 1.54) is 24.8 Å². The molecule has 0 aromatic heterocycles. The monoisotopic (exact) mass is 314 g/mol. The molecule has 2 saturated carbocycles. The van der Waals surface area contributed by atoms with Crippen LogP contribution in [0.15, 0.2) is 23.8 Å². The molecule has 4 aliphatic rings. The minimum Gasteiger partial charge on any atom is -0.393 e. The fourth-order valence-corrected chi connectivity index (χ4v) is 6.90. The van der Waals surface area contributed by atoms with Crippen molar-refractivity contribution >= 4 is 5.78 Å². The molecule has 2 nitrogen and oxygen atoms in total. The van der Waals surface area contributed by atoms with E-state index in [1.807, 2.05) is 6.08 Å². The van der Waals surface area contributed by atoms with Gasteiger partial charge in [-0.05, 0) is 65.9 Å². The fraction of sp³-hybridized carbons (Fsp3) is 0.762. The maximum atomic E-state index is 11.8. The lowest BCUT2D eigenvalue weighted by Gasteiger charge is -2.58. The molecule has 0 heterocycles. The minimum absolute atomic E-state index is 0.0155. The number of ketones is 1. The van der Waals surface area contributed by atoms with Crippen molar-refractivity contribution in [2.75, 3.05) is 0 Å². The van der Waals surface area contributed by atoms with Gasteiger partial charge in [-0.15, -0.1) is 0 Å².